The van der Waals surface area contributed by atoms with E-state index in [1.165, 1.54) is 22.2 Å². The number of para-hydroxylation sites is 1. The summed E-state index contributed by atoms with van der Waals surface area (Å²) in [7, 11) is 0. The molecule has 20 heavy (non-hydrogen) atoms. The number of hydrogen-bond acceptors (Lipinski definition) is 0. The normalized spacial score (nSPS) is 11.4. The van der Waals surface area contributed by atoms with Gasteiger partial charge in [-0.1, -0.05) is 46.3 Å². The van der Waals surface area contributed by atoms with Gasteiger partial charge in [-0.3, -0.25) is 0 Å². The van der Waals surface area contributed by atoms with Crippen molar-refractivity contribution in [3.05, 3.63) is 70.3 Å². The van der Waals surface area contributed by atoms with Gasteiger partial charge in [0, 0.05) is 28.1 Å². The predicted molar refractivity (Wildman–Crippen MR) is 89.3 cm³/mol. The van der Waals surface area contributed by atoms with Crippen LogP contribution in [-0.4, -0.2) is 4.57 Å². The molecule has 102 valence electrons. The van der Waals surface area contributed by atoms with Crippen LogP contribution in [0.5, 0.6) is 0 Å². The van der Waals surface area contributed by atoms with Crippen molar-refractivity contribution in [3.8, 4) is 0 Å². The number of halogens is 1. The largest absolute Gasteiger partial charge is 0.342 e. The summed E-state index contributed by atoms with van der Waals surface area (Å²) in [5, 5.41) is 1.33. The van der Waals surface area contributed by atoms with E-state index in [-0.39, 0.29) is 0 Å². The molecule has 0 aliphatic carbocycles. The van der Waals surface area contributed by atoms with Gasteiger partial charge < -0.3 is 4.57 Å². The highest BCUT2D eigenvalue weighted by Gasteiger charge is 2.11. The monoisotopic (exact) mass is 327 g/mol. The van der Waals surface area contributed by atoms with Gasteiger partial charge in [-0.05, 0) is 49.1 Å². The molecular formula is C18H18BrN. The molecule has 0 bridgehead atoms. The molecule has 0 amide bonds. The molecule has 1 nitrogen and oxygen atoms in total. The minimum absolute atomic E-state index is 0.473. The fraction of sp³-hybridized carbons (Fsp3) is 0.222. The molecule has 1 aromatic heterocycles. The van der Waals surface area contributed by atoms with E-state index < -0.39 is 0 Å². The Kier molecular flexibility index (Phi) is 3.66. The standard InChI is InChI=1S/C18H18BrN/c1-13(2)20-17(11-14-7-9-16(19)10-8-14)12-15-5-3-4-6-18(15)20/h3-10,12-13H,11H2,1-2H3. The van der Waals surface area contributed by atoms with Crippen LogP contribution in [0, 0.1) is 0 Å². The molecule has 3 aromatic rings. The molecule has 0 N–H and O–H groups in total. The topological polar surface area (TPSA) is 4.93 Å². The second-order valence-electron chi connectivity index (χ2n) is 5.46. The quantitative estimate of drug-likeness (QED) is 0.592. The molecule has 0 atom stereocenters. The van der Waals surface area contributed by atoms with Crippen molar-refractivity contribution in [2.75, 3.05) is 0 Å². The smallest absolute Gasteiger partial charge is 0.0485 e. The van der Waals surface area contributed by atoms with Gasteiger partial charge in [-0.15, -0.1) is 0 Å². The van der Waals surface area contributed by atoms with Gasteiger partial charge in [0.1, 0.15) is 0 Å². The maximum atomic E-state index is 3.49. The summed E-state index contributed by atoms with van der Waals surface area (Å²) in [6.45, 7) is 4.50. The SMILES string of the molecule is CC(C)n1c(Cc2ccc(Br)cc2)cc2ccccc21. The lowest BCUT2D eigenvalue weighted by Crippen LogP contribution is -2.05. The number of nitrogens with zero attached hydrogens (tertiary/aromatic N) is 1. The van der Waals surface area contributed by atoms with Crippen molar-refractivity contribution in [3.63, 3.8) is 0 Å². The third kappa shape index (κ3) is 2.53. The molecule has 1 heterocycles. The minimum atomic E-state index is 0.473. The zero-order valence-electron chi connectivity index (χ0n) is 11.8. The van der Waals surface area contributed by atoms with Crippen LogP contribution >= 0.6 is 15.9 Å². The van der Waals surface area contributed by atoms with Crippen LogP contribution in [0.15, 0.2) is 59.1 Å². The average Bonchev–Trinajstić information content (AvgIpc) is 2.79. The Labute approximate surface area is 128 Å². The summed E-state index contributed by atoms with van der Waals surface area (Å²) in [6, 6.07) is 20.0. The third-order valence-corrected chi connectivity index (χ3v) is 4.17. The van der Waals surface area contributed by atoms with Gasteiger partial charge in [0.2, 0.25) is 0 Å². The molecule has 0 aliphatic rings. The van der Waals surface area contributed by atoms with E-state index in [2.05, 4.69) is 88.9 Å². The van der Waals surface area contributed by atoms with Crippen molar-refractivity contribution in [2.24, 2.45) is 0 Å². The Morgan fingerprint density at radius 3 is 2.40 bits per heavy atom. The molecule has 0 fully saturated rings. The summed E-state index contributed by atoms with van der Waals surface area (Å²) in [4.78, 5) is 0. The number of benzene rings is 2. The third-order valence-electron chi connectivity index (χ3n) is 3.64. The molecular weight excluding hydrogens is 310 g/mol. The fourth-order valence-corrected chi connectivity index (χ4v) is 3.05. The van der Waals surface area contributed by atoms with Crippen molar-refractivity contribution >= 4 is 26.8 Å². The van der Waals surface area contributed by atoms with Gasteiger partial charge in [-0.25, -0.2) is 0 Å². The Balaban J connectivity index is 2.06. The van der Waals surface area contributed by atoms with E-state index in [0.717, 1.165) is 10.9 Å². The van der Waals surface area contributed by atoms with Gasteiger partial charge in [0.05, 0.1) is 0 Å². The first-order valence-electron chi connectivity index (χ1n) is 6.98. The van der Waals surface area contributed by atoms with Gasteiger partial charge in [0.15, 0.2) is 0 Å². The van der Waals surface area contributed by atoms with Crippen LogP contribution in [0.4, 0.5) is 0 Å². The first-order chi connectivity index (χ1) is 9.65. The summed E-state index contributed by atoms with van der Waals surface area (Å²) in [6.07, 6.45) is 0.972. The highest BCUT2D eigenvalue weighted by atomic mass is 79.9. The Hall–Kier alpha value is -1.54. The number of hydrogen-bond donors (Lipinski definition) is 0. The van der Waals surface area contributed by atoms with Gasteiger partial charge >= 0.3 is 0 Å². The molecule has 0 saturated heterocycles. The average molecular weight is 328 g/mol. The first-order valence-corrected chi connectivity index (χ1v) is 7.78. The van der Waals surface area contributed by atoms with Crippen LogP contribution < -0.4 is 0 Å². The summed E-state index contributed by atoms with van der Waals surface area (Å²) in [5.74, 6) is 0. The van der Waals surface area contributed by atoms with Gasteiger partial charge in [0.25, 0.3) is 0 Å². The Morgan fingerprint density at radius 1 is 1.00 bits per heavy atom. The van der Waals surface area contributed by atoms with Crippen LogP contribution in [0.1, 0.15) is 31.1 Å². The molecule has 0 aliphatic heterocycles. The van der Waals surface area contributed by atoms with E-state index in [0.29, 0.717) is 6.04 Å². The predicted octanol–water partition coefficient (Wildman–Crippen LogP) is 5.58. The van der Waals surface area contributed by atoms with E-state index in [4.69, 9.17) is 0 Å². The van der Waals surface area contributed by atoms with Gasteiger partial charge in [-0.2, -0.15) is 0 Å². The van der Waals surface area contributed by atoms with Crippen LogP contribution in [0.3, 0.4) is 0 Å². The lowest BCUT2D eigenvalue weighted by molar-refractivity contribution is 0.600. The van der Waals surface area contributed by atoms with E-state index in [1.54, 1.807) is 0 Å². The number of fused-ring (bicyclic) bond motifs is 1. The maximum Gasteiger partial charge on any atom is 0.0485 e. The molecule has 3 rings (SSSR count). The van der Waals surface area contributed by atoms with Crippen molar-refractivity contribution in [2.45, 2.75) is 26.3 Å². The molecule has 2 heteroatoms. The lowest BCUT2D eigenvalue weighted by atomic mass is 10.1. The lowest BCUT2D eigenvalue weighted by Gasteiger charge is -2.15. The molecule has 0 unspecified atom stereocenters. The highest BCUT2D eigenvalue weighted by Crippen LogP contribution is 2.26. The molecule has 0 saturated carbocycles. The zero-order valence-corrected chi connectivity index (χ0v) is 13.4. The molecule has 2 aromatic carbocycles. The highest BCUT2D eigenvalue weighted by molar-refractivity contribution is 9.10. The minimum Gasteiger partial charge on any atom is -0.342 e. The number of rotatable bonds is 3. The summed E-state index contributed by atoms with van der Waals surface area (Å²) >= 11 is 3.49. The fourth-order valence-electron chi connectivity index (χ4n) is 2.79. The second kappa shape index (κ2) is 5.45. The van der Waals surface area contributed by atoms with E-state index in [9.17, 15) is 0 Å². The first kappa shape index (κ1) is 13.4. The van der Waals surface area contributed by atoms with Crippen LogP contribution in [0.25, 0.3) is 10.9 Å². The summed E-state index contributed by atoms with van der Waals surface area (Å²) in [5.41, 5.74) is 4.05. The number of aromatic nitrogens is 1. The maximum absolute atomic E-state index is 3.49. The van der Waals surface area contributed by atoms with Crippen molar-refractivity contribution in [1.29, 1.82) is 0 Å². The Morgan fingerprint density at radius 2 is 1.70 bits per heavy atom. The summed E-state index contributed by atoms with van der Waals surface area (Å²) < 4.78 is 3.57. The van der Waals surface area contributed by atoms with E-state index in [1.807, 2.05) is 0 Å². The second-order valence-corrected chi connectivity index (χ2v) is 6.38. The molecule has 0 spiro atoms. The van der Waals surface area contributed by atoms with Crippen LogP contribution in [0.2, 0.25) is 0 Å². The van der Waals surface area contributed by atoms with Crippen LogP contribution in [-0.2, 0) is 6.42 Å². The van der Waals surface area contributed by atoms with Crippen molar-refractivity contribution < 1.29 is 0 Å². The molecule has 0 radical (unpaired) electrons. The van der Waals surface area contributed by atoms with E-state index >= 15 is 0 Å². The van der Waals surface area contributed by atoms with Crippen molar-refractivity contribution in [1.82, 2.24) is 4.57 Å². The Bertz CT molecular complexity index is 723. The zero-order chi connectivity index (χ0) is 14.1.